The molecule has 154 valence electrons. The van der Waals surface area contributed by atoms with E-state index in [-0.39, 0.29) is 29.4 Å². The van der Waals surface area contributed by atoms with Gasteiger partial charge in [0.1, 0.15) is 17.4 Å². The lowest BCUT2D eigenvalue weighted by molar-refractivity contribution is -0.138. The van der Waals surface area contributed by atoms with Gasteiger partial charge in [0.05, 0.1) is 32.3 Å². The molecule has 0 unspecified atom stereocenters. The van der Waals surface area contributed by atoms with E-state index >= 15 is 0 Å². The number of rotatable bonds is 6. The zero-order chi connectivity index (χ0) is 21.7. The van der Waals surface area contributed by atoms with Crippen molar-refractivity contribution in [3.05, 3.63) is 76.7 Å². The van der Waals surface area contributed by atoms with Crippen molar-refractivity contribution in [1.29, 1.82) is 5.26 Å². The first-order chi connectivity index (χ1) is 14.5. The maximum atomic E-state index is 13.0. The van der Waals surface area contributed by atoms with E-state index in [1.165, 1.54) is 14.2 Å². The number of carbonyl (C=O) groups excluding carboxylic acids is 1. The van der Waals surface area contributed by atoms with Gasteiger partial charge in [-0.3, -0.25) is 0 Å². The molecule has 1 aliphatic rings. The second kappa shape index (κ2) is 9.05. The Balaban J connectivity index is 2.29. The Morgan fingerprint density at radius 1 is 1.13 bits per heavy atom. The minimum atomic E-state index is -0.794. The van der Waals surface area contributed by atoms with Crippen LogP contribution in [0.25, 0.3) is 5.76 Å². The molecule has 0 aromatic heterocycles. The Kier molecular flexibility index (Phi) is 6.28. The van der Waals surface area contributed by atoms with Gasteiger partial charge in [-0.1, -0.05) is 36.4 Å². The van der Waals surface area contributed by atoms with Crippen molar-refractivity contribution in [3.8, 4) is 17.6 Å². The van der Waals surface area contributed by atoms with E-state index < -0.39 is 11.9 Å². The third kappa shape index (κ3) is 3.80. The molecule has 1 atom stereocenters. The highest BCUT2D eigenvalue weighted by atomic mass is 16.5. The molecule has 0 amide bonds. The summed E-state index contributed by atoms with van der Waals surface area (Å²) in [5, 5.41) is 9.81. The van der Waals surface area contributed by atoms with Gasteiger partial charge < -0.3 is 24.7 Å². The quantitative estimate of drug-likeness (QED) is 0.732. The van der Waals surface area contributed by atoms with Crippen LogP contribution in [0.5, 0.6) is 11.5 Å². The van der Waals surface area contributed by atoms with Crippen LogP contribution < -0.4 is 15.2 Å². The van der Waals surface area contributed by atoms with Crippen LogP contribution in [-0.4, -0.2) is 26.8 Å². The van der Waals surface area contributed by atoms with Crippen molar-refractivity contribution in [2.45, 2.75) is 12.8 Å². The van der Waals surface area contributed by atoms with Gasteiger partial charge in [0.2, 0.25) is 5.88 Å². The maximum Gasteiger partial charge on any atom is 0.338 e. The molecule has 7 heteroatoms. The van der Waals surface area contributed by atoms with Gasteiger partial charge in [-0.05, 0) is 24.6 Å². The van der Waals surface area contributed by atoms with E-state index in [4.69, 9.17) is 24.7 Å². The second-order valence-electron chi connectivity index (χ2n) is 6.37. The topological polar surface area (TPSA) is 104 Å². The van der Waals surface area contributed by atoms with Gasteiger partial charge in [-0.15, -0.1) is 0 Å². The Bertz CT molecular complexity index is 1050. The molecule has 2 N–H and O–H groups in total. The second-order valence-corrected chi connectivity index (χ2v) is 6.37. The molecular weight excluding hydrogens is 384 g/mol. The molecule has 1 aliphatic heterocycles. The molecule has 2 aromatic carbocycles. The van der Waals surface area contributed by atoms with Crippen LogP contribution in [0.15, 0.2) is 65.6 Å². The smallest absolute Gasteiger partial charge is 0.338 e. The van der Waals surface area contributed by atoms with E-state index in [1.807, 2.05) is 18.2 Å². The summed E-state index contributed by atoms with van der Waals surface area (Å²) in [4.78, 5) is 13.0. The number of hydrogen-bond acceptors (Lipinski definition) is 7. The molecule has 2 aromatic rings. The van der Waals surface area contributed by atoms with Gasteiger partial charge >= 0.3 is 5.97 Å². The van der Waals surface area contributed by atoms with Gasteiger partial charge in [0.25, 0.3) is 0 Å². The molecule has 0 aliphatic carbocycles. The number of nitrogens with two attached hydrogens (primary N) is 1. The Morgan fingerprint density at radius 2 is 1.83 bits per heavy atom. The summed E-state index contributed by atoms with van der Waals surface area (Å²) in [5.41, 5.74) is 7.67. The first-order valence-electron chi connectivity index (χ1n) is 9.31. The molecule has 3 rings (SSSR count). The van der Waals surface area contributed by atoms with Crippen molar-refractivity contribution in [3.63, 3.8) is 0 Å². The number of carbonyl (C=O) groups is 1. The van der Waals surface area contributed by atoms with Gasteiger partial charge in [-0.2, -0.15) is 5.26 Å². The average Bonchev–Trinajstić information content (AvgIpc) is 2.78. The van der Waals surface area contributed by atoms with E-state index in [1.54, 1.807) is 37.3 Å². The standard InChI is InChI=1S/C23H22N2O5/c1-4-29-23(26)20-19(15-10-11-17(27-2)18(12-15)28-3)16(13-24)22(25)30-21(20)14-8-6-5-7-9-14/h5-12,19H,4,25H2,1-3H3/t19-/m1/s1. The van der Waals surface area contributed by atoms with Crippen LogP contribution in [0.1, 0.15) is 24.0 Å². The lowest BCUT2D eigenvalue weighted by Crippen LogP contribution is -2.26. The summed E-state index contributed by atoms with van der Waals surface area (Å²) >= 11 is 0. The van der Waals surface area contributed by atoms with Crippen LogP contribution >= 0.6 is 0 Å². The normalized spacial score (nSPS) is 15.9. The molecule has 0 spiro atoms. The zero-order valence-corrected chi connectivity index (χ0v) is 17.0. The molecule has 0 saturated carbocycles. The summed E-state index contributed by atoms with van der Waals surface area (Å²) in [6, 6.07) is 16.3. The number of hydrogen-bond donors (Lipinski definition) is 1. The highest BCUT2D eigenvalue weighted by Crippen LogP contribution is 2.44. The largest absolute Gasteiger partial charge is 0.493 e. The molecule has 30 heavy (non-hydrogen) atoms. The summed E-state index contributed by atoms with van der Waals surface area (Å²) in [6.07, 6.45) is 0. The van der Waals surface area contributed by atoms with Gasteiger partial charge in [0, 0.05) is 5.56 Å². The SMILES string of the molecule is CCOC(=O)C1=C(c2ccccc2)OC(N)=C(C#N)[C@H]1c1ccc(OC)c(OC)c1. The van der Waals surface area contributed by atoms with E-state index in [2.05, 4.69) is 6.07 Å². The van der Waals surface area contributed by atoms with Crippen LogP contribution in [0.2, 0.25) is 0 Å². The predicted molar refractivity (Wildman–Crippen MR) is 110 cm³/mol. The van der Waals surface area contributed by atoms with Crippen molar-refractivity contribution in [1.82, 2.24) is 0 Å². The fraction of sp³-hybridized carbons (Fsp3) is 0.217. The van der Waals surface area contributed by atoms with Crippen molar-refractivity contribution in [2.75, 3.05) is 20.8 Å². The lowest BCUT2D eigenvalue weighted by Gasteiger charge is -2.28. The van der Waals surface area contributed by atoms with Crippen molar-refractivity contribution >= 4 is 11.7 Å². The minimum absolute atomic E-state index is 0.0656. The monoisotopic (exact) mass is 406 g/mol. The first-order valence-corrected chi connectivity index (χ1v) is 9.31. The first kappa shape index (κ1) is 20.8. The summed E-state index contributed by atoms with van der Waals surface area (Å²) in [5.74, 6) is -0.209. The molecule has 1 heterocycles. The molecular formula is C23H22N2O5. The third-order valence-electron chi connectivity index (χ3n) is 4.69. The zero-order valence-electron chi connectivity index (χ0n) is 17.0. The molecule has 0 saturated heterocycles. The highest BCUT2D eigenvalue weighted by Gasteiger charge is 2.38. The number of nitriles is 1. The Labute approximate surface area is 174 Å². The van der Waals surface area contributed by atoms with Crippen LogP contribution in [0.3, 0.4) is 0 Å². The lowest BCUT2D eigenvalue weighted by atomic mass is 9.82. The van der Waals surface area contributed by atoms with Crippen LogP contribution in [0.4, 0.5) is 0 Å². The number of nitrogens with zero attached hydrogens (tertiary/aromatic N) is 1. The minimum Gasteiger partial charge on any atom is -0.493 e. The van der Waals surface area contributed by atoms with E-state index in [9.17, 15) is 10.1 Å². The molecule has 0 fully saturated rings. The number of ether oxygens (including phenoxy) is 4. The summed E-state index contributed by atoms with van der Waals surface area (Å²) in [7, 11) is 3.04. The fourth-order valence-corrected chi connectivity index (χ4v) is 3.35. The molecule has 7 nitrogen and oxygen atoms in total. The number of esters is 1. The predicted octanol–water partition coefficient (Wildman–Crippen LogP) is 3.49. The Morgan fingerprint density at radius 3 is 2.43 bits per heavy atom. The van der Waals surface area contributed by atoms with Gasteiger partial charge in [0.15, 0.2) is 11.5 Å². The van der Waals surface area contributed by atoms with E-state index in [0.717, 1.165) is 0 Å². The van der Waals surface area contributed by atoms with Crippen LogP contribution in [0, 0.1) is 11.3 Å². The number of methoxy groups -OCH3 is 2. The molecule has 0 bridgehead atoms. The fourth-order valence-electron chi connectivity index (χ4n) is 3.35. The molecule has 0 radical (unpaired) electrons. The Hall–Kier alpha value is -3.92. The summed E-state index contributed by atoms with van der Waals surface area (Å²) < 4.78 is 21.8. The number of allylic oxidation sites excluding steroid dienone is 1. The average molecular weight is 406 g/mol. The third-order valence-corrected chi connectivity index (χ3v) is 4.69. The highest BCUT2D eigenvalue weighted by molar-refractivity contribution is 5.99. The maximum absolute atomic E-state index is 13.0. The van der Waals surface area contributed by atoms with Gasteiger partial charge in [-0.25, -0.2) is 4.79 Å². The van der Waals surface area contributed by atoms with E-state index in [0.29, 0.717) is 22.6 Å². The van der Waals surface area contributed by atoms with Crippen molar-refractivity contribution in [2.24, 2.45) is 5.73 Å². The summed E-state index contributed by atoms with van der Waals surface area (Å²) in [6.45, 7) is 1.88. The number of benzene rings is 2. The van der Waals surface area contributed by atoms with Crippen LogP contribution in [-0.2, 0) is 14.3 Å². The van der Waals surface area contributed by atoms with Crippen molar-refractivity contribution < 1.29 is 23.7 Å².